The number of ether oxygens (including phenoxy) is 6. The summed E-state index contributed by atoms with van der Waals surface area (Å²) in [5.41, 5.74) is 2.16. The Bertz CT molecular complexity index is 2040. The zero-order valence-corrected chi connectivity index (χ0v) is 31.9. The number of halogens is 13. The summed E-state index contributed by atoms with van der Waals surface area (Å²) in [5.74, 6) is -36.2. The molecule has 0 aromatic heterocycles. The molecule has 0 aliphatic carbocycles. The van der Waals surface area contributed by atoms with Gasteiger partial charge in [0.2, 0.25) is 6.29 Å². The Morgan fingerprint density at radius 3 is 1.74 bits per heavy atom. The average Bonchev–Trinajstić information content (AvgIpc) is 3.23. The molecule has 62 heavy (non-hydrogen) atoms. The number of fused-ring (bicyclic) bond motifs is 1. The van der Waals surface area contributed by atoms with Gasteiger partial charge >= 0.3 is 35.8 Å². The van der Waals surface area contributed by atoms with Crippen LogP contribution in [0.1, 0.15) is 41.4 Å². The van der Waals surface area contributed by atoms with E-state index in [1.54, 1.807) is 54.6 Å². The minimum atomic E-state index is -7.94. The van der Waals surface area contributed by atoms with Crippen LogP contribution in [0, 0.1) is 0 Å². The second-order valence-electron chi connectivity index (χ2n) is 14.5. The summed E-state index contributed by atoms with van der Waals surface area (Å²) >= 11 is 0. The van der Waals surface area contributed by atoms with Gasteiger partial charge in [-0.2, -0.15) is 57.1 Å². The number of benzene rings is 4. The summed E-state index contributed by atoms with van der Waals surface area (Å²) in [6.07, 6.45) is -17.9. The number of aryl methyl sites for hydroxylation is 1. The van der Waals surface area contributed by atoms with Crippen molar-refractivity contribution in [3.05, 3.63) is 131 Å². The van der Waals surface area contributed by atoms with Gasteiger partial charge in [-0.1, -0.05) is 84.9 Å². The van der Waals surface area contributed by atoms with E-state index in [9.17, 15) is 62.2 Å². The third-order valence-corrected chi connectivity index (χ3v) is 10.1. The van der Waals surface area contributed by atoms with E-state index in [0.717, 1.165) is 5.56 Å². The van der Waals surface area contributed by atoms with E-state index >= 15 is 0 Å². The van der Waals surface area contributed by atoms with E-state index < -0.39 is 92.0 Å². The van der Waals surface area contributed by atoms with Crippen molar-refractivity contribution >= 4 is 0 Å². The Morgan fingerprint density at radius 1 is 0.581 bits per heavy atom. The van der Waals surface area contributed by atoms with E-state index in [2.05, 4.69) is 0 Å². The summed E-state index contributed by atoms with van der Waals surface area (Å²) in [6.45, 7) is 0.105. The van der Waals surface area contributed by atoms with Crippen LogP contribution in [0.25, 0.3) is 0 Å². The fourth-order valence-electron chi connectivity index (χ4n) is 6.59. The first-order chi connectivity index (χ1) is 29.1. The molecule has 338 valence electrons. The molecule has 2 aliphatic heterocycles. The first-order valence-electron chi connectivity index (χ1n) is 18.8. The molecular formula is C42H37F13O7. The lowest BCUT2D eigenvalue weighted by Crippen LogP contribution is -2.70. The first kappa shape index (κ1) is 46.9. The summed E-state index contributed by atoms with van der Waals surface area (Å²) in [4.78, 5) is 0. The van der Waals surface area contributed by atoms with Crippen molar-refractivity contribution in [3.63, 3.8) is 0 Å². The molecule has 0 bridgehead atoms. The third kappa shape index (κ3) is 9.63. The van der Waals surface area contributed by atoms with Crippen molar-refractivity contribution in [2.45, 2.75) is 105 Å². The number of hydrogen-bond donors (Lipinski definition) is 1. The van der Waals surface area contributed by atoms with E-state index in [4.69, 9.17) is 28.4 Å². The quantitative estimate of drug-likeness (QED) is 0.106. The van der Waals surface area contributed by atoms with Crippen LogP contribution in [-0.4, -0.2) is 78.2 Å². The minimum absolute atomic E-state index is 0.00269. The van der Waals surface area contributed by atoms with Gasteiger partial charge in [-0.05, 0) is 53.8 Å². The highest BCUT2D eigenvalue weighted by Crippen LogP contribution is 2.60. The molecule has 20 heteroatoms. The Morgan fingerprint density at radius 2 is 1.13 bits per heavy atom. The second kappa shape index (κ2) is 18.2. The van der Waals surface area contributed by atoms with Gasteiger partial charge in [-0.3, -0.25) is 0 Å². The van der Waals surface area contributed by atoms with Crippen LogP contribution in [0.4, 0.5) is 57.1 Å². The minimum Gasteiger partial charge on any atom is -0.489 e. The fraction of sp³-hybridized carbons (Fsp3) is 0.429. The molecule has 0 saturated carbocycles. The van der Waals surface area contributed by atoms with Crippen molar-refractivity contribution in [2.75, 3.05) is 6.61 Å². The summed E-state index contributed by atoms with van der Waals surface area (Å²) in [7, 11) is 0. The van der Waals surface area contributed by atoms with Crippen molar-refractivity contribution in [2.24, 2.45) is 0 Å². The van der Waals surface area contributed by atoms with Crippen LogP contribution < -0.4 is 9.47 Å². The maximum absolute atomic E-state index is 14.3. The molecular weight excluding hydrogens is 863 g/mol. The van der Waals surface area contributed by atoms with Crippen molar-refractivity contribution in [3.8, 4) is 11.5 Å². The Balaban J connectivity index is 1.09. The number of aliphatic hydroxyl groups excluding tert-OH is 1. The van der Waals surface area contributed by atoms with Gasteiger partial charge in [-0.25, -0.2) is 0 Å². The third-order valence-electron chi connectivity index (χ3n) is 10.1. The van der Waals surface area contributed by atoms with E-state index in [1.807, 2.05) is 30.3 Å². The van der Waals surface area contributed by atoms with Crippen LogP contribution in [0.3, 0.4) is 0 Å². The zero-order chi connectivity index (χ0) is 45.1. The SMILES string of the molecule is O[C@H]1[C@H](Oc2ccc(OCc3ccccc3)cc2)O[C@@H]2COC(c3ccccc3)O[C@H]2[C@@H]1OCc1ccc(CCCC(F)(F)C(F)(F)C(F)(F)C(F)(F)C(F)(F)C(F)(F)F)cc1. The highest BCUT2D eigenvalue weighted by molar-refractivity contribution is 5.32. The highest BCUT2D eigenvalue weighted by atomic mass is 19.4. The lowest BCUT2D eigenvalue weighted by Gasteiger charge is -2.47. The number of alkyl halides is 13. The maximum atomic E-state index is 14.3. The molecule has 1 unspecified atom stereocenters. The molecule has 4 aromatic rings. The normalized spacial score (nSPS) is 22.8. The van der Waals surface area contributed by atoms with Crippen LogP contribution in [0.5, 0.6) is 11.5 Å². The lowest BCUT2D eigenvalue weighted by atomic mass is 9.91. The number of hydrogen-bond acceptors (Lipinski definition) is 7. The fourth-order valence-corrected chi connectivity index (χ4v) is 6.59. The van der Waals surface area contributed by atoms with E-state index in [-0.39, 0.29) is 18.8 Å². The van der Waals surface area contributed by atoms with Gasteiger partial charge in [0.1, 0.15) is 42.5 Å². The molecule has 2 heterocycles. The average molecular weight is 901 g/mol. The molecule has 2 saturated heterocycles. The van der Waals surface area contributed by atoms with Crippen molar-refractivity contribution in [1.82, 2.24) is 0 Å². The molecule has 4 aromatic carbocycles. The predicted molar refractivity (Wildman–Crippen MR) is 191 cm³/mol. The molecule has 0 amide bonds. The zero-order valence-electron chi connectivity index (χ0n) is 31.9. The molecule has 2 fully saturated rings. The topological polar surface area (TPSA) is 75.6 Å². The summed E-state index contributed by atoms with van der Waals surface area (Å²) < 4.78 is 211. The highest BCUT2D eigenvalue weighted by Gasteiger charge is 2.90. The maximum Gasteiger partial charge on any atom is 0.460 e. The largest absolute Gasteiger partial charge is 0.489 e. The Hall–Kier alpha value is -4.63. The smallest absolute Gasteiger partial charge is 0.460 e. The van der Waals surface area contributed by atoms with Crippen LogP contribution in [-0.2, 0) is 38.6 Å². The Labute approximate surface area is 345 Å². The van der Waals surface area contributed by atoms with Crippen molar-refractivity contribution < 1.29 is 90.6 Å². The van der Waals surface area contributed by atoms with Crippen LogP contribution in [0.2, 0.25) is 0 Å². The predicted octanol–water partition coefficient (Wildman–Crippen LogP) is 10.5. The Kier molecular flexibility index (Phi) is 13.8. The summed E-state index contributed by atoms with van der Waals surface area (Å²) in [6, 6.07) is 30.3. The molecule has 0 radical (unpaired) electrons. The van der Waals surface area contributed by atoms with E-state index in [0.29, 0.717) is 29.2 Å². The van der Waals surface area contributed by atoms with Gasteiger partial charge in [0.15, 0.2) is 6.29 Å². The molecule has 7 nitrogen and oxygen atoms in total. The van der Waals surface area contributed by atoms with Crippen LogP contribution >= 0.6 is 0 Å². The molecule has 2 aliphatic rings. The molecule has 1 N–H and O–H groups in total. The molecule has 6 atom stereocenters. The van der Waals surface area contributed by atoms with Gasteiger partial charge in [0.25, 0.3) is 0 Å². The molecule has 6 rings (SSSR count). The van der Waals surface area contributed by atoms with Crippen molar-refractivity contribution in [1.29, 1.82) is 0 Å². The monoisotopic (exact) mass is 900 g/mol. The van der Waals surface area contributed by atoms with E-state index in [1.165, 1.54) is 24.3 Å². The second-order valence-corrected chi connectivity index (χ2v) is 14.5. The lowest BCUT2D eigenvalue weighted by molar-refractivity contribution is -0.440. The van der Waals surface area contributed by atoms with Crippen LogP contribution in [0.15, 0.2) is 109 Å². The van der Waals surface area contributed by atoms with Gasteiger partial charge < -0.3 is 33.5 Å². The van der Waals surface area contributed by atoms with Gasteiger partial charge in [0, 0.05) is 12.0 Å². The summed E-state index contributed by atoms with van der Waals surface area (Å²) in [5, 5.41) is 11.6. The van der Waals surface area contributed by atoms with Gasteiger partial charge in [0.05, 0.1) is 13.2 Å². The standard InChI is InChI=1S/C42H37F13O7/c43-37(44,38(45,46)39(47,48)40(49,50)41(51,52)42(53,54)55)21-7-10-25-13-15-27(16-14-25)23-58-34-32(56)36(61-31-24-59-35(62-33(31)34)28-11-5-2-6-12-28)60-30-19-17-29(18-20-30)57-22-26-8-3-1-4-9-26/h1-6,8-9,11-20,31-36,56H,7,10,21-24H2/t31-,32-,33-,34-,35?,36-/m1/s1. The number of aliphatic hydroxyl groups is 1. The first-order valence-corrected chi connectivity index (χ1v) is 18.8. The molecule has 0 spiro atoms. The van der Waals surface area contributed by atoms with Gasteiger partial charge in [-0.15, -0.1) is 0 Å². The number of rotatable bonds is 17.